The number of hydrogen-bond acceptors (Lipinski definition) is 7. The molecule has 0 spiro atoms. The van der Waals surface area contributed by atoms with Crippen molar-refractivity contribution in [3.8, 4) is 17.5 Å². The zero-order valence-corrected chi connectivity index (χ0v) is 18.0. The molecule has 0 unspecified atom stereocenters. The van der Waals surface area contributed by atoms with E-state index < -0.39 is 23.9 Å². The minimum Gasteiger partial charge on any atom is -0.467 e. The number of nitrogens with one attached hydrogen (secondary N) is 2. The summed E-state index contributed by atoms with van der Waals surface area (Å²) in [6, 6.07) is 4.03. The second-order valence-electron chi connectivity index (χ2n) is 7.44. The summed E-state index contributed by atoms with van der Waals surface area (Å²) < 4.78 is 39.4. The Bertz CT molecular complexity index is 1240. The number of fused-ring (bicyclic) bond motifs is 1. The van der Waals surface area contributed by atoms with Crippen LogP contribution >= 0.6 is 0 Å². The van der Waals surface area contributed by atoms with Gasteiger partial charge in [-0.2, -0.15) is 19.0 Å². The lowest BCUT2D eigenvalue weighted by atomic mass is 10.0. The molecule has 3 aromatic heterocycles. The van der Waals surface area contributed by atoms with E-state index in [0.717, 1.165) is 5.39 Å². The Kier molecular flexibility index (Phi) is 5.90. The van der Waals surface area contributed by atoms with Crippen LogP contribution in [0.1, 0.15) is 25.5 Å². The molecule has 2 N–H and O–H groups in total. The van der Waals surface area contributed by atoms with E-state index in [0.29, 0.717) is 29.5 Å². The third-order valence-corrected chi connectivity index (χ3v) is 4.94. The summed E-state index contributed by atoms with van der Waals surface area (Å²) in [6.45, 7) is 2.16. The predicted molar refractivity (Wildman–Crippen MR) is 113 cm³/mol. The van der Waals surface area contributed by atoms with Crippen LogP contribution in [0.15, 0.2) is 49.2 Å². The first-order valence-corrected chi connectivity index (χ1v) is 9.95. The number of carbonyl (C=O) groups excluding carboxylic acids is 1. The summed E-state index contributed by atoms with van der Waals surface area (Å²) in [4.78, 5) is 20.2. The standard InChI is InChI=1S/C21H21F2N7O3/c1-12(29-19(31)21(2,22)23)18(14-7-24-20(32-3)25-8-14)30-17-5-4-15(6-13(17)9-28-30)33-16-10-26-27-11-16/h4-12,18H,1-3H3,(H,26,27)(H,29,31)/t12-,18+/m0/s1. The Hall–Kier alpha value is -4.09. The van der Waals surface area contributed by atoms with Crippen LogP contribution in [0.25, 0.3) is 10.9 Å². The number of carbonyl (C=O) groups is 1. The molecule has 0 saturated carbocycles. The average molecular weight is 457 g/mol. The van der Waals surface area contributed by atoms with Gasteiger partial charge in [0.05, 0.1) is 37.3 Å². The molecule has 2 atom stereocenters. The Morgan fingerprint density at radius 1 is 1.18 bits per heavy atom. The summed E-state index contributed by atoms with van der Waals surface area (Å²) in [6.07, 6.45) is 7.79. The number of aromatic amines is 1. The van der Waals surface area contributed by atoms with Crippen LogP contribution in [0.4, 0.5) is 8.78 Å². The third kappa shape index (κ3) is 4.73. The van der Waals surface area contributed by atoms with Crippen molar-refractivity contribution in [2.45, 2.75) is 31.9 Å². The second kappa shape index (κ2) is 8.81. The van der Waals surface area contributed by atoms with Crippen molar-refractivity contribution in [1.82, 2.24) is 35.3 Å². The van der Waals surface area contributed by atoms with Gasteiger partial charge in [0.25, 0.3) is 5.91 Å². The average Bonchev–Trinajstić information content (AvgIpc) is 3.44. The highest BCUT2D eigenvalue weighted by Gasteiger charge is 2.35. The van der Waals surface area contributed by atoms with E-state index in [9.17, 15) is 13.6 Å². The first kappa shape index (κ1) is 22.1. The topological polar surface area (TPSA) is 120 Å². The van der Waals surface area contributed by atoms with Crippen molar-refractivity contribution in [3.05, 3.63) is 54.7 Å². The number of aromatic nitrogens is 6. The number of H-pyrrole nitrogens is 1. The highest BCUT2D eigenvalue weighted by Crippen LogP contribution is 2.30. The Labute approximate surface area is 186 Å². The number of nitrogens with zero attached hydrogens (tertiary/aromatic N) is 5. The predicted octanol–water partition coefficient (Wildman–Crippen LogP) is 3.10. The molecule has 0 fully saturated rings. The Morgan fingerprint density at radius 3 is 2.58 bits per heavy atom. The number of methoxy groups -OCH3 is 1. The normalized spacial score (nSPS) is 13.5. The fourth-order valence-corrected chi connectivity index (χ4v) is 3.39. The van der Waals surface area contributed by atoms with Gasteiger partial charge in [0.1, 0.15) is 11.8 Å². The number of benzene rings is 1. The van der Waals surface area contributed by atoms with Crippen molar-refractivity contribution < 1.29 is 23.0 Å². The quantitative estimate of drug-likeness (QED) is 0.417. The van der Waals surface area contributed by atoms with Gasteiger partial charge in [0.2, 0.25) is 0 Å². The first-order chi connectivity index (χ1) is 15.8. The molecule has 1 amide bonds. The fourth-order valence-electron chi connectivity index (χ4n) is 3.39. The zero-order chi connectivity index (χ0) is 23.6. The number of alkyl halides is 2. The molecule has 0 aliphatic carbocycles. The molecule has 10 nitrogen and oxygen atoms in total. The van der Waals surface area contributed by atoms with Crippen molar-refractivity contribution in [3.63, 3.8) is 0 Å². The van der Waals surface area contributed by atoms with Crippen LogP contribution in [-0.2, 0) is 4.79 Å². The van der Waals surface area contributed by atoms with Gasteiger partial charge >= 0.3 is 11.9 Å². The number of hydrogen-bond donors (Lipinski definition) is 2. The molecule has 1 aromatic carbocycles. The van der Waals surface area contributed by atoms with Crippen LogP contribution in [0, 0.1) is 0 Å². The third-order valence-electron chi connectivity index (χ3n) is 4.94. The SMILES string of the molecule is COc1ncc([C@@H]([C@H](C)NC(=O)C(C)(F)F)n2ncc3cc(Oc4cn[nH]c4)ccc32)cn1. The van der Waals surface area contributed by atoms with E-state index >= 15 is 0 Å². The molecule has 172 valence electrons. The van der Waals surface area contributed by atoms with Crippen molar-refractivity contribution in [2.24, 2.45) is 0 Å². The van der Waals surface area contributed by atoms with Crippen LogP contribution in [0.5, 0.6) is 17.5 Å². The molecule has 33 heavy (non-hydrogen) atoms. The highest BCUT2D eigenvalue weighted by atomic mass is 19.3. The van der Waals surface area contributed by atoms with Gasteiger partial charge in [-0.15, -0.1) is 0 Å². The van der Waals surface area contributed by atoms with E-state index in [4.69, 9.17) is 9.47 Å². The van der Waals surface area contributed by atoms with E-state index in [-0.39, 0.29) is 6.01 Å². The largest absolute Gasteiger partial charge is 0.467 e. The van der Waals surface area contributed by atoms with Gasteiger partial charge in [-0.1, -0.05) is 0 Å². The second-order valence-corrected chi connectivity index (χ2v) is 7.44. The molecule has 0 aliphatic rings. The van der Waals surface area contributed by atoms with Crippen LogP contribution in [-0.4, -0.2) is 54.9 Å². The maximum absolute atomic E-state index is 13.5. The first-order valence-electron chi connectivity index (χ1n) is 9.95. The van der Waals surface area contributed by atoms with Crippen LogP contribution in [0.3, 0.4) is 0 Å². The van der Waals surface area contributed by atoms with Crippen LogP contribution in [0.2, 0.25) is 0 Å². The Morgan fingerprint density at radius 2 is 1.94 bits per heavy atom. The molecule has 4 aromatic rings. The van der Waals surface area contributed by atoms with Gasteiger partial charge < -0.3 is 14.8 Å². The maximum Gasteiger partial charge on any atom is 0.321 e. The van der Waals surface area contributed by atoms with E-state index in [1.165, 1.54) is 19.5 Å². The van der Waals surface area contributed by atoms with Gasteiger partial charge in [0, 0.05) is 30.3 Å². The number of ether oxygens (including phenoxy) is 2. The zero-order valence-electron chi connectivity index (χ0n) is 18.0. The molecular formula is C21H21F2N7O3. The number of halogens is 2. The number of amides is 1. The summed E-state index contributed by atoms with van der Waals surface area (Å²) >= 11 is 0. The maximum atomic E-state index is 13.5. The highest BCUT2D eigenvalue weighted by molar-refractivity contribution is 5.83. The summed E-state index contributed by atoms with van der Waals surface area (Å²) in [5, 5.41) is 14.1. The minimum atomic E-state index is -3.53. The minimum absolute atomic E-state index is 0.153. The molecule has 12 heteroatoms. The van der Waals surface area contributed by atoms with Gasteiger partial charge in [-0.25, -0.2) is 9.97 Å². The van der Waals surface area contributed by atoms with Gasteiger partial charge in [-0.3, -0.25) is 14.6 Å². The fraction of sp³-hybridized carbons (Fsp3) is 0.286. The van der Waals surface area contributed by atoms with E-state index in [1.807, 2.05) is 0 Å². The molecule has 0 saturated heterocycles. The molecule has 4 rings (SSSR count). The monoisotopic (exact) mass is 457 g/mol. The van der Waals surface area contributed by atoms with Gasteiger partial charge in [-0.05, 0) is 25.1 Å². The Balaban J connectivity index is 1.71. The lowest BCUT2D eigenvalue weighted by molar-refractivity contribution is -0.143. The van der Waals surface area contributed by atoms with Crippen molar-refractivity contribution >= 4 is 16.8 Å². The van der Waals surface area contributed by atoms with Gasteiger partial charge in [0.15, 0.2) is 5.75 Å². The molecule has 0 radical (unpaired) electrons. The molecule has 3 heterocycles. The summed E-state index contributed by atoms with van der Waals surface area (Å²) in [5.41, 5.74) is 1.24. The summed E-state index contributed by atoms with van der Waals surface area (Å²) in [7, 11) is 1.43. The lowest BCUT2D eigenvalue weighted by Crippen LogP contribution is -2.46. The molecule has 0 aliphatic heterocycles. The summed E-state index contributed by atoms with van der Waals surface area (Å²) in [5.74, 6) is -3.80. The van der Waals surface area contributed by atoms with E-state index in [2.05, 4.69) is 30.6 Å². The number of rotatable bonds is 8. The smallest absolute Gasteiger partial charge is 0.321 e. The van der Waals surface area contributed by atoms with E-state index in [1.54, 1.807) is 48.4 Å². The van der Waals surface area contributed by atoms with Crippen LogP contribution < -0.4 is 14.8 Å². The lowest BCUT2D eigenvalue weighted by Gasteiger charge is -2.27. The van der Waals surface area contributed by atoms with Crippen molar-refractivity contribution in [1.29, 1.82) is 0 Å². The van der Waals surface area contributed by atoms with Crippen molar-refractivity contribution in [2.75, 3.05) is 7.11 Å². The molecular weight excluding hydrogens is 436 g/mol. The molecule has 0 bridgehead atoms.